The molecule has 84 valence electrons. The van der Waals surface area contributed by atoms with Gasteiger partial charge in [-0.25, -0.2) is 4.98 Å². The van der Waals surface area contributed by atoms with Gasteiger partial charge in [-0.2, -0.15) is 9.99 Å². The highest BCUT2D eigenvalue weighted by molar-refractivity contribution is 6.30. The van der Waals surface area contributed by atoms with E-state index in [1.165, 1.54) is 12.4 Å². The first-order valence-corrected chi connectivity index (χ1v) is 5.26. The number of nitriles is 1. The van der Waals surface area contributed by atoms with Gasteiger partial charge in [-0.15, -0.1) is 0 Å². The molecule has 0 aliphatic heterocycles. The number of aryl methyl sites for hydroxylation is 1. The highest BCUT2D eigenvalue weighted by Crippen LogP contribution is 2.25. The van der Waals surface area contributed by atoms with Crippen LogP contribution >= 0.6 is 11.6 Å². The fourth-order valence-corrected chi connectivity index (χ4v) is 1.76. The predicted molar refractivity (Wildman–Crippen MR) is 63.1 cm³/mol. The van der Waals surface area contributed by atoms with E-state index < -0.39 is 0 Å². The van der Waals surface area contributed by atoms with Gasteiger partial charge < -0.3 is 5.21 Å². The lowest BCUT2D eigenvalue weighted by Gasteiger charge is -2.06. The van der Waals surface area contributed by atoms with Crippen molar-refractivity contribution in [3.8, 4) is 17.2 Å². The average molecular weight is 246 g/mol. The maximum absolute atomic E-state index is 10.9. The Kier molecular flexibility index (Phi) is 2.94. The maximum Gasteiger partial charge on any atom is 0.180 e. The second-order valence-electron chi connectivity index (χ2n) is 3.52. The van der Waals surface area contributed by atoms with Crippen LogP contribution in [0.2, 0.25) is 5.15 Å². The van der Waals surface area contributed by atoms with Gasteiger partial charge in [0.2, 0.25) is 0 Å². The Balaban J connectivity index is 2.60. The standard InChI is InChI=1S/C12H8ClN3O/c1-8-11(6-10(7-14)12(13)15-8)9-2-4-16(17)5-3-9/h2-6H,1H3. The molecule has 0 amide bonds. The van der Waals surface area contributed by atoms with Gasteiger partial charge in [0.15, 0.2) is 12.4 Å². The number of nitrogens with zero attached hydrogens (tertiary/aromatic N) is 3. The molecule has 4 nitrogen and oxygen atoms in total. The van der Waals surface area contributed by atoms with Crippen LogP contribution in [-0.4, -0.2) is 4.98 Å². The maximum atomic E-state index is 10.9. The number of halogens is 1. The Labute approximate surface area is 103 Å². The van der Waals surface area contributed by atoms with Crippen molar-refractivity contribution in [2.75, 3.05) is 0 Å². The van der Waals surface area contributed by atoms with Gasteiger partial charge in [-0.3, -0.25) is 0 Å². The van der Waals surface area contributed by atoms with Crippen molar-refractivity contribution in [1.82, 2.24) is 4.98 Å². The van der Waals surface area contributed by atoms with Gasteiger partial charge in [0, 0.05) is 23.4 Å². The molecular formula is C12H8ClN3O. The number of pyridine rings is 2. The van der Waals surface area contributed by atoms with Crippen molar-refractivity contribution >= 4 is 11.6 Å². The average Bonchev–Trinajstić information content (AvgIpc) is 2.31. The van der Waals surface area contributed by atoms with Crippen LogP contribution in [0.3, 0.4) is 0 Å². The molecule has 17 heavy (non-hydrogen) atoms. The first kappa shape index (κ1) is 11.4. The Hall–Kier alpha value is -2.12. The first-order valence-electron chi connectivity index (χ1n) is 4.88. The minimum absolute atomic E-state index is 0.198. The van der Waals surface area contributed by atoms with Gasteiger partial charge in [0.05, 0.1) is 5.56 Å². The van der Waals surface area contributed by atoms with E-state index in [2.05, 4.69) is 4.98 Å². The minimum atomic E-state index is 0.198. The Bertz CT molecular complexity index is 602. The molecule has 0 aromatic carbocycles. The summed E-state index contributed by atoms with van der Waals surface area (Å²) in [6.07, 6.45) is 2.80. The van der Waals surface area contributed by atoms with Gasteiger partial charge in [-0.1, -0.05) is 11.6 Å². The van der Waals surface area contributed by atoms with E-state index >= 15 is 0 Å². The zero-order valence-corrected chi connectivity index (χ0v) is 9.77. The summed E-state index contributed by atoms with van der Waals surface area (Å²) in [4.78, 5) is 4.10. The van der Waals surface area contributed by atoms with Crippen LogP contribution in [0, 0.1) is 23.5 Å². The second kappa shape index (κ2) is 4.40. The third kappa shape index (κ3) is 2.19. The molecular weight excluding hydrogens is 238 g/mol. The number of aromatic nitrogens is 2. The lowest BCUT2D eigenvalue weighted by atomic mass is 10.0. The molecule has 0 atom stereocenters. The van der Waals surface area contributed by atoms with E-state index in [9.17, 15) is 5.21 Å². The molecule has 0 unspecified atom stereocenters. The Morgan fingerprint density at radius 2 is 2.06 bits per heavy atom. The summed E-state index contributed by atoms with van der Waals surface area (Å²) in [5.41, 5.74) is 2.67. The Morgan fingerprint density at radius 3 is 2.65 bits per heavy atom. The molecule has 0 saturated heterocycles. The van der Waals surface area contributed by atoms with Crippen molar-refractivity contribution < 1.29 is 4.73 Å². The zero-order chi connectivity index (χ0) is 12.4. The van der Waals surface area contributed by atoms with E-state index in [1.807, 2.05) is 6.07 Å². The summed E-state index contributed by atoms with van der Waals surface area (Å²) in [5, 5.41) is 20.0. The summed E-state index contributed by atoms with van der Waals surface area (Å²) in [6, 6.07) is 7.00. The largest absolute Gasteiger partial charge is 0.619 e. The molecule has 2 aromatic rings. The lowest BCUT2D eigenvalue weighted by molar-refractivity contribution is -0.605. The molecule has 0 saturated carbocycles. The molecule has 2 heterocycles. The molecule has 2 rings (SSSR count). The summed E-state index contributed by atoms with van der Waals surface area (Å²) in [6.45, 7) is 1.81. The third-order valence-electron chi connectivity index (χ3n) is 2.40. The van der Waals surface area contributed by atoms with E-state index in [0.29, 0.717) is 10.3 Å². The number of hydrogen-bond acceptors (Lipinski definition) is 3. The molecule has 0 aliphatic carbocycles. The van der Waals surface area contributed by atoms with Gasteiger partial charge in [0.1, 0.15) is 11.2 Å². The monoisotopic (exact) mass is 245 g/mol. The van der Waals surface area contributed by atoms with Crippen molar-refractivity contribution in [2.24, 2.45) is 0 Å². The van der Waals surface area contributed by atoms with Crippen molar-refractivity contribution in [3.63, 3.8) is 0 Å². The van der Waals surface area contributed by atoms with Crippen LogP contribution in [0.4, 0.5) is 0 Å². The quantitative estimate of drug-likeness (QED) is 0.440. The smallest absolute Gasteiger partial charge is 0.180 e. The highest BCUT2D eigenvalue weighted by atomic mass is 35.5. The second-order valence-corrected chi connectivity index (χ2v) is 3.88. The molecule has 0 bridgehead atoms. The minimum Gasteiger partial charge on any atom is -0.619 e. The predicted octanol–water partition coefficient (Wildman–Crippen LogP) is 2.22. The van der Waals surface area contributed by atoms with Crippen molar-refractivity contribution in [2.45, 2.75) is 6.92 Å². The lowest BCUT2D eigenvalue weighted by Crippen LogP contribution is -2.23. The molecule has 0 aliphatic rings. The van der Waals surface area contributed by atoms with Crippen LogP contribution in [0.5, 0.6) is 0 Å². The molecule has 5 heteroatoms. The SMILES string of the molecule is Cc1nc(Cl)c(C#N)cc1-c1cc[n+]([O-])cc1. The molecule has 0 fully saturated rings. The normalized spacial score (nSPS) is 9.94. The summed E-state index contributed by atoms with van der Waals surface area (Å²) in [7, 11) is 0. The van der Waals surface area contributed by atoms with E-state index in [4.69, 9.17) is 16.9 Å². The van der Waals surface area contributed by atoms with Crippen LogP contribution < -0.4 is 4.73 Å². The summed E-state index contributed by atoms with van der Waals surface area (Å²) < 4.78 is 0.702. The van der Waals surface area contributed by atoms with E-state index in [-0.39, 0.29) is 5.15 Å². The van der Waals surface area contributed by atoms with Crippen LogP contribution in [0.15, 0.2) is 30.6 Å². The summed E-state index contributed by atoms with van der Waals surface area (Å²) >= 11 is 5.83. The fourth-order valence-electron chi connectivity index (χ4n) is 1.54. The first-order chi connectivity index (χ1) is 8.11. The van der Waals surface area contributed by atoms with E-state index in [0.717, 1.165) is 16.8 Å². The molecule has 0 radical (unpaired) electrons. The molecule has 2 aromatic heterocycles. The van der Waals surface area contributed by atoms with Crippen LogP contribution in [0.25, 0.3) is 11.1 Å². The molecule has 0 N–H and O–H groups in total. The zero-order valence-electron chi connectivity index (χ0n) is 9.01. The Morgan fingerprint density at radius 1 is 1.41 bits per heavy atom. The van der Waals surface area contributed by atoms with Crippen molar-refractivity contribution in [3.05, 3.63) is 52.2 Å². The van der Waals surface area contributed by atoms with E-state index in [1.54, 1.807) is 25.1 Å². The molecule has 0 spiro atoms. The topological polar surface area (TPSA) is 63.6 Å². The number of hydrogen-bond donors (Lipinski definition) is 0. The van der Waals surface area contributed by atoms with Crippen LogP contribution in [-0.2, 0) is 0 Å². The third-order valence-corrected chi connectivity index (χ3v) is 2.69. The van der Waals surface area contributed by atoms with Gasteiger partial charge in [-0.05, 0) is 18.6 Å². The van der Waals surface area contributed by atoms with Gasteiger partial charge in [0.25, 0.3) is 0 Å². The van der Waals surface area contributed by atoms with Gasteiger partial charge >= 0.3 is 0 Å². The van der Waals surface area contributed by atoms with Crippen LogP contribution in [0.1, 0.15) is 11.3 Å². The van der Waals surface area contributed by atoms with Crippen molar-refractivity contribution in [1.29, 1.82) is 5.26 Å². The number of rotatable bonds is 1. The fraction of sp³-hybridized carbons (Fsp3) is 0.0833. The highest BCUT2D eigenvalue weighted by Gasteiger charge is 2.09. The summed E-state index contributed by atoms with van der Waals surface area (Å²) in [5.74, 6) is 0.